The van der Waals surface area contributed by atoms with Crippen LogP contribution in [0.1, 0.15) is 102 Å². The van der Waals surface area contributed by atoms with Gasteiger partial charge in [-0.2, -0.15) is 13.2 Å². The smallest absolute Gasteiger partial charge is 0.414 e. The highest BCUT2D eigenvalue weighted by atomic mass is 19.4. The highest BCUT2D eigenvalue weighted by molar-refractivity contribution is 5.66. The zero-order valence-electron chi connectivity index (χ0n) is 22.4. The lowest BCUT2D eigenvalue weighted by molar-refractivity contribution is -0.205. The number of carboxylic acids is 1. The fourth-order valence-electron chi connectivity index (χ4n) is 5.08. The average Bonchev–Trinajstić information content (AvgIpc) is 3.23. The van der Waals surface area contributed by atoms with Crippen molar-refractivity contribution in [1.29, 1.82) is 0 Å². The number of aliphatic hydroxyl groups excluding tert-OH is 1. The number of aryl methyl sites for hydroxylation is 1. The van der Waals surface area contributed by atoms with Crippen LogP contribution >= 0.6 is 0 Å². The summed E-state index contributed by atoms with van der Waals surface area (Å²) in [6.07, 6.45) is 7.10. The van der Waals surface area contributed by atoms with Gasteiger partial charge in [-0.05, 0) is 49.9 Å². The van der Waals surface area contributed by atoms with E-state index in [4.69, 9.17) is 9.84 Å². The van der Waals surface area contributed by atoms with E-state index in [1.807, 2.05) is 0 Å². The van der Waals surface area contributed by atoms with Crippen molar-refractivity contribution in [2.45, 2.75) is 128 Å². The standard InChI is InChI=1S/C29H46F3NO4/c1-2-3-4-5-6-7-8-9-10-11-20-33-22-26(21-24(33)15-19-28(35)36)37-25-16-12-23(13-17-25)14-18-27(34)29(30,31)32/h12-13,16-17,24,26-27,34H,2-11,14-15,18-22H2,1H3,(H,35,36)/t24-,26-,27?/m0/s1. The van der Waals surface area contributed by atoms with Crippen LogP contribution in [0.5, 0.6) is 5.75 Å². The van der Waals surface area contributed by atoms with E-state index in [1.165, 1.54) is 57.8 Å². The van der Waals surface area contributed by atoms with Gasteiger partial charge in [-0.15, -0.1) is 0 Å². The van der Waals surface area contributed by atoms with Crippen LogP contribution in [-0.4, -0.2) is 58.6 Å². The van der Waals surface area contributed by atoms with Gasteiger partial charge in [0.2, 0.25) is 0 Å². The zero-order chi connectivity index (χ0) is 27.1. The quantitative estimate of drug-likeness (QED) is 0.186. The fraction of sp³-hybridized carbons (Fsp3) is 0.759. The molecule has 0 aliphatic carbocycles. The van der Waals surface area contributed by atoms with E-state index in [-0.39, 0.29) is 31.4 Å². The van der Waals surface area contributed by atoms with E-state index in [9.17, 15) is 23.1 Å². The Morgan fingerprint density at radius 1 is 1.03 bits per heavy atom. The molecule has 212 valence electrons. The van der Waals surface area contributed by atoms with Crippen molar-refractivity contribution < 1.29 is 32.9 Å². The Hall–Kier alpha value is -1.80. The molecule has 1 unspecified atom stereocenters. The Morgan fingerprint density at radius 3 is 2.19 bits per heavy atom. The van der Waals surface area contributed by atoms with E-state index in [0.29, 0.717) is 17.7 Å². The van der Waals surface area contributed by atoms with Gasteiger partial charge in [0.15, 0.2) is 0 Å². The highest BCUT2D eigenvalue weighted by Gasteiger charge is 2.37. The number of hydrogen-bond donors (Lipinski definition) is 2. The van der Waals surface area contributed by atoms with E-state index < -0.39 is 18.2 Å². The number of unbranched alkanes of at least 4 members (excludes halogenated alkanes) is 9. The minimum Gasteiger partial charge on any atom is -0.489 e. The lowest BCUT2D eigenvalue weighted by Crippen LogP contribution is -2.31. The molecule has 0 aromatic heterocycles. The molecule has 5 nitrogen and oxygen atoms in total. The van der Waals surface area contributed by atoms with Gasteiger partial charge in [-0.3, -0.25) is 9.69 Å². The van der Waals surface area contributed by atoms with Crippen LogP contribution < -0.4 is 4.74 Å². The van der Waals surface area contributed by atoms with Crippen molar-refractivity contribution in [3.8, 4) is 5.75 Å². The predicted octanol–water partition coefficient (Wildman–Crippen LogP) is 7.15. The van der Waals surface area contributed by atoms with Crippen molar-refractivity contribution in [2.24, 2.45) is 0 Å². The number of hydrogen-bond acceptors (Lipinski definition) is 4. The van der Waals surface area contributed by atoms with E-state index in [1.54, 1.807) is 24.3 Å². The second kappa shape index (κ2) is 16.9. The molecule has 37 heavy (non-hydrogen) atoms. The molecule has 0 saturated carbocycles. The molecule has 0 spiro atoms. The summed E-state index contributed by atoms with van der Waals surface area (Å²) >= 11 is 0. The number of carbonyl (C=O) groups is 1. The molecule has 0 bridgehead atoms. The third kappa shape index (κ3) is 13.0. The first kappa shape index (κ1) is 31.4. The predicted molar refractivity (Wildman–Crippen MR) is 140 cm³/mol. The SMILES string of the molecule is CCCCCCCCCCCCN1C[C@@H](Oc2ccc(CCC(O)C(F)(F)F)cc2)C[C@@H]1CCC(=O)O. The number of likely N-dealkylation sites (tertiary alicyclic amines) is 1. The molecule has 1 heterocycles. The largest absolute Gasteiger partial charge is 0.489 e. The fourth-order valence-corrected chi connectivity index (χ4v) is 5.08. The molecule has 2 rings (SSSR count). The summed E-state index contributed by atoms with van der Waals surface area (Å²) in [6.45, 7) is 3.93. The van der Waals surface area contributed by atoms with Crippen LogP contribution in [-0.2, 0) is 11.2 Å². The molecule has 1 aromatic rings. The first-order valence-corrected chi connectivity index (χ1v) is 14.1. The number of rotatable bonds is 19. The summed E-state index contributed by atoms with van der Waals surface area (Å²) in [4.78, 5) is 13.5. The Morgan fingerprint density at radius 2 is 1.62 bits per heavy atom. The van der Waals surface area contributed by atoms with Crippen molar-refractivity contribution in [2.75, 3.05) is 13.1 Å². The normalized spacial score (nSPS) is 19.3. The average molecular weight is 530 g/mol. The molecule has 1 aliphatic heterocycles. The van der Waals surface area contributed by atoms with Crippen LogP contribution in [0, 0.1) is 0 Å². The number of aliphatic carboxylic acids is 1. The van der Waals surface area contributed by atoms with Gasteiger partial charge in [-0.25, -0.2) is 0 Å². The maximum atomic E-state index is 12.5. The molecule has 1 aliphatic rings. The Bertz CT molecular complexity index is 757. The third-order valence-electron chi connectivity index (χ3n) is 7.29. The van der Waals surface area contributed by atoms with Crippen LogP contribution in [0.25, 0.3) is 0 Å². The molecular weight excluding hydrogens is 483 g/mol. The van der Waals surface area contributed by atoms with Gasteiger partial charge in [0.05, 0.1) is 0 Å². The second-order valence-electron chi connectivity index (χ2n) is 10.5. The van der Waals surface area contributed by atoms with Gasteiger partial charge >= 0.3 is 12.1 Å². The van der Waals surface area contributed by atoms with Gasteiger partial charge in [0.25, 0.3) is 0 Å². The monoisotopic (exact) mass is 529 g/mol. The maximum Gasteiger partial charge on any atom is 0.414 e. The van der Waals surface area contributed by atoms with Gasteiger partial charge in [-0.1, -0.05) is 76.8 Å². The molecular formula is C29H46F3NO4. The Labute approximate surface area is 220 Å². The van der Waals surface area contributed by atoms with Crippen molar-refractivity contribution in [1.82, 2.24) is 4.90 Å². The third-order valence-corrected chi connectivity index (χ3v) is 7.29. The van der Waals surface area contributed by atoms with E-state index in [2.05, 4.69) is 11.8 Å². The molecule has 1 aromatic carbocycles. The highest BCUT2D eigenvalue weighted by Crippen LogP contribution is 2.28. The summed E-state index contributed by atoms with van der Waals surface area (Å²) in [6, 6.07) is 7.16. The molecule has 0 radical (unpaired) electrons. The molecule has 8 heteroatoms. The van der Waals surface area contributed by atoms with Crippen LogP contribution in [0.4, 0.5) is 13.2 Å². The zero-order valence-corrected chi connectivity index (χ0v) is 22.4. The first-order valence-electron chi connectivity index (χ1n) is 14.1. The van der Waals surface area contributed by atoms with Crippen molar-refractivity contribution >= 4 is 5.97 Å². The first-order chi connectivity index (χ1) is 17.7. The number of halogens is 3. The number of nitrogens with zero attached hydrogens (tertiary/aromatic N) is 1. The van der Waals surface area contributed by atoms with Crippen LogP contribution in [0.15, 0.2) is 24.3 Å². The van der Waals surface area contributed by atoms with Gasteiger partial charge in [0, 0.05) is 25.4 Å². The number of ether oxygens (including phenoxy) is 1. The summed E-state index contributed by atoms with van der Waals surface area (Å²) < 4.78 is 43.6. The van der Waals surface area contributed by atoms with Crippen LogP contribution in [0.3, 0.4) is 0 Å². The van der Waals surface area contributed by atoms with Crippen LogP contribution in [0.2, 0.25) is 0 Å². The molecule has 2 N–H and O–H groups in total. The van der Waals surface area contributed by atoms with E-state index >= 15 is 0 Å². The summed E-state index contributed by atoms with van der Waals surface area (Å²) in [5.41, 5.74) is 0.712. The molecule has 3 atom stereocenters. The van der Waals surface area contributed by atoms with Crippen molar-refractivity contribution in [3.63, 3.8) is 0 Å². The second-order valence-corrected chi connectivity index (χ2v) is 10.5. The number of alkyl halides is 3. The van der Waals surface area contributed by atoms with Gasteiger partial charge < -0.3 is 14.9 Å². The molecule has 1 fully saturated rings. The minimum atomic E-state index is -4.59. The van der Waals surface area contributed by atoms with E-state index in [0.717, 1.165) is 25.9 Å². The molecule has 0 amide bonds. The molecule has 1 saturated heterocycles. The summed E-state index contributed by atoms with van der Waals surface area (Å²) in [5.74, 6) is -0.127. The summed E-state index contributed by atoms with van der Waals surface area (Å²) in [7, 11) is 0. The number of benzene rings is 1. The van der Waals surface area contributed by atoms with Crippen molar-refractivity contribution in [3.05, 3.63) is 29.8 Å². The Balaban J connectivity index is 1.74. The number of aliphatic hydroxyl groups is 1. The lowest BCUT2D eigenvalue weighted by Gasteiger charge is -2.23. The summed E-state index contributed by atoms with van der Waals surface area (Å²) in [5, 5.41) is 18.3. The van der Waals surface area contributed by atoms with Gasteiger partial charge in [0.1, 0.15) is 18.0 Å². The minimum absolute atomic E-state index is 0.0418. The maximum absolute atomic E-state index is 12.5. The number of carboxylic acid groups (broad SMARTS) is 1. The Kier molecular flexibility index (Phi) is 14.4. The lowest BCUT2D eigenvalue weighted by atomic mass is 10.1. The topological polar surface area (TPSA) is 70.0 Å².